The molecule has 0 saturated carbocycles. The topological polar surface area (TPSA) is 88.3 Å². The number of pyridine rings is 1. The van der Waals surface area contributed by atoms with Gasteiger partial charge in [-0.25, -0.2) is 5.43 Å². The highest BCUT2D eigenvalue weighted by Gasteiger charge is 2.30. The molecule has 0 aliphatic carbocycles. The number of carbonyl (C=O) groups is 1. The van der Waals surface area contributed by atoms with Gasteiger partial charge in [0.15, 0.2) is 0 Å². The van der Waals surface area contributed by atoms with Crippen molar-refractivity contribution in [2.24, 2.45) is 0 Å². The molecule has 0 bridgehead atoms. The molecular weight excluding hydrogens is 337 g/mol. The molecule has 0 unspecified atom stereocenters. The molecule has 1 aromatic carbocycles. The molecule has 1 aliphatic rings. The van der Waals surface area contributed by atoms with Crippen molar-refractivity contribution in [1.82, 2.24) is 10.9 Å². The van der Waals surface area contributed by atoms with Crippen molar-refractivity contribution in [2.75, 3.05) is 0 Å². The molecule has 0 spiro atoms. The first-order valence-electron chi connectivity index (χ1n) is 5.30. The van der Waals surface area contributed by atoms with Gasteiger partial charge in [0.1, 0.15) is 5.02 Å². The van der Waals surface area contributed by atoms with Gasteiger partial charge < -0.3 is 10.3 Å². The third-order valence-electron chi connectivity index (χ3n) is 2.93. The molecule has 0 atom stereocenters. The lowest BCUT2D eigenvalue weighted by Crippen LogP contribution is -2.50. The number of aromatic nitrogens is 1. The third-order valence-corrected chi connectivity index (χ3v) is 4.17. The molecular formula is C11H7BrClN3O3. The molecule has 0 fully saturated rings. The highest BCUT2D eigenvalue weighted by atomic mass is 79.9. The summed E-state index contributed by atoms with van der Waals surface area (Å²) in [6.07, 6.45) is 0. The zero-order valence-electron chi connectivity index (χ0n) is 9.33. The predicted molar refractivity (Wildman–Crippen MR) is 71.6 cm³/mol. The average molecular weight is 345 g/mol. The summed E-state index contributed by atoms with van der Waals surface area (Å²) in [5, 5.41) is 22.8. The van der Waals surface area contributed by atoms with Crippen molar-refractivity contribution >= 4 is 44.3 Å². The highest BCUT2D eigenvalue weighted by Crippen LogP contribution is 2.37. The monoisotopic (exact) mass is 343 g/mol. The summed E-state index contributed by atoms with van der Waals surface area (Å²) < 4.78 is 0.890. The molecule has 0 saturated heterocycles. The van der Waals surface area contributed by atoms with Crippen LogP contribution in [0.15, 0.2) is 16.6 Å². The number of halogens is 2. The number of phenols is 1. The first-order valence-corrected chi connectivity index (χ1v) is 6.47. The average Bonchev–Trinajstić information content (AvgIpc) is 2.35. The second-order valence-electron chi connectivity index (χ2n) is 4.08. The maximum absolute atomic E-state index is 12.3. The summed E-state index contributed by atoms with van der Waals surface area (Å²) in [7, 11) is 0. The number of hydrogen-bond acceptors (Lipinski definition) is 4. The molecule has 8 heteroatoms. The molecule has 19 heavy (non-hydrogen) atoms. The molecule has 98 valence electrons. The quantitative estimate of drug-likeness (QED) is 0.497. The van der Waals surface area contributed by atoms with Crippen LogP contribution in [0, 0.1) is 5.21 Å². The lowest BCUT2D eigenvalue weighted by Gasteiger charge is -2.18. The van der Waals surface area contributed by atoms with Gasteiger partial charge in [0.2, 0.25) is 5.75 Å². The van der Waals surface area contributed by atoms with Gasteiger partial charge in [-0.05, 0) is 28.1 Å². The molecule has 3 N–H and O–H groups in total. The van der Waals surface area contributed by atoms with Crippen molar-refractivity contribution in [3.8, 4) is 5.75 Å². The molecule has 2 aromatic rings. The number of aromatic hydroxyl groups is 1. The minimum atomic E-state index is -0.545. The van der Waals surface area contributed by atoms with Crippen LogP contribution in [-0.2, 0) is 6.54 Å². The van der Waals surface area contributed by atoms with Crippen LogP contribution in [0.2, 0.25) is 5.02 Å². The van der Waals surface area contributed by atoms with Crippen LogP contribution in [0.4, 0.5) is 0 Å². The first-order chi connectivity index (χ1) is 9.00. The Morgan fingerprint density at radius 3 is 2.95 bits per heavy atom. The molecule has 1 amide bonds. The molecule has 3 rings (SSSR count). The van der Waals surface area contributed by atoms with Crippen LogP contribution in [0.1, 0.15) is 16.1 Å². The number of nitrogens with one attached hydrogen (secondary N) is 2. The van der Waals surface area contributed by atoms with E-state index >= 15 is 0 Å². The van der Waals surface area contributed by atoms with Crippen molar-refractivity contribution < 1.29 is 14.6 Å². The summed E-state index contributed by atoms with van der Waals surface area (Å²) in [6, 6.07) is 3.30. The number of carbonyl (C=O) groups excluding carboxylic acids is 1. The number of benzene rings is 1. The van der Waals surface area contributed by atoms with Crippen LogP contribution in [0.25, 0.3) is 10.9 Å². The van der Waals surface area contributed by atoms with Gasteiger partial charge in [-0.15, -0.1) is 0 Å². The van der Waals surface area contributed by atoms with E-state index in [1.807, 2.05) is 0 Å². The Kier molecular flexibility index (Phi) is 2.77. The number of phenolic OH excluding ortho intramolecular Hbond substituents is 1. The van der Waals surface area contributed by atoms with E-state index in [0.29, 0.717) is 26.7 Å². The van der Waals surface area contributed by atoms with Crippen LogP contribution >= 0.6 is 27.5 Å². The molecule has 1 aliphatic heterocycles. The Morgan fingerprint density at radius 2 is 2.21 bits per heavy atom. The molecule has 6 nitrogen and oxygen atoms in total. The summed E-state index contributed by atoms with van der Waals surface area (Å²) >= 11 is 9.09. The second-order valence-corrected chi connectivity index (χ2v) is 5.31. The van der Waals surface area contributed by atoms with Crippen LogP contribution < -0.4 is 15.6 Å². The number of fused-ring (bicyclic) bond motifs is 2. The molecule has 0 radical (unpaired) electrons. The first kappa shape index (κ1) is 12.5. The van der Waals surface area contributed by atoms with E-state index in [4.69, 9.17) is 11.6 Å². The van der Waals surface area contributed by atoms with Gasteiger partial charge in [0, 0.05) is 16.6 Å². The smallest absolute Gasteiger partial charge is 0.331 e. The standard InChI is InChI=1S/C11H7BrClN3O3/c12-6-2-4-1-5-3-14-15-11(18)9(5)16(19)8(4)10(17)7(6)13/h1-2,14,17H,3H2,(H,15,18). The van der Waals surface area contributed by atoms with Gasteiger partial charge in [0.25, 0.3) is 11.2 Å². The van der Waals surface area contributed by atoms with E-state index in [0.717, 1.165) is 0 Å². The van der Waals surface area contributed by atoms with Crippen LogP contribution in [0.3, 0.4) is 0 Å². The lowest BCUT2D eigenvalue weighted by atomic mass is 10.1. The fourth-order valence-corrected chi connectivity index (χ4v) is 2.67. The van der Waals surface area contributed by atoms with E-state index in [-0.39, 0.29) is 22.0 Å². The SMILES string of the molecule is O=C1NNCc2cc3cc(Br)c(Cl)c(O)c3[n+]([O-])c21. The summed E-state index contributed by atoms with van der Waals surface area (Å²) in [5.74, 6) is -0.897. The van der Waals surface area contributed by atoms with Crippen LogP contribution in [-0.4, -0.2) is 11.0 Å². The summed E-state index contributed by atoms with van der Waals surface area (Å²) in [4.78, 5) is 11.7. The van der Waals surface area contributed by atoms with E-state index in [9.17, 15) is 15.1 Å². The third kappa shape index (κ3) is 1.73. The van der Waals surface area contributed by atoms with E-state index in [2.05, 4.69) is 26.8 Å². The van der Waals surface area contributed by atoms with Gasteiger partial charge in [-0.1, -0.05) is 11.6 Å². The largest absolute Gasteiger partial charge is 0.618 e. The number of rotatable bonds is 0. The Morgan fingerprint density at radius 1 is 1.47 bits per heavy atom. The van der Waals surface area contributed by atoms with E-state index < -0.39 is 5.91 Å². The van der Waals surface area contributed by atoms with Gasteiger partial charge >= 0.3 is 5.91 Å². The fourth-order valence-electron chi connectivity index (χ4n) is 2.10. The number of hydrogen-bond donors (Lipinski definition) is 3. The van der Waals surface area contributed by atoms with Gasteiger partial charge in [-0.3, -0.25) is 10.2 Å². The maximum atomic E-state index is 12.3. The Bertz CT molecular complexity index is 735. The normalized spacial score (nSPS) is 14.3. The highest BCUT2D eigenvalue weighted by molar-refractivity contribution is 9.10. The second kappa shape index (κ2) is 4.22. The minimum absolute atomic E-state index is 0.0241. The van der Waals surface area contributed by atoms with Crippen molar-refractivity contribution in [3.05, 3.63) is 38.1 Å². The van der Waals surface area contributed by atoms with Crippen molar-refractivity contribution in [2.45, 2.75) is 6.54 Å². The minimum Gasteiger partial charge on any atom is -0.618 e. The zero-order valence-corrected chi connectivity index (χ0v) is 11.7. The van der Waals surface area contributed by atoms with Crippen molar-refractivity contribution in [3.63, 3.8) is 0 Å². The van der Waals surface area contributed by atoms with Gasteiger partial charge in [0.05, 0.1) is 5.39 Å². The van der Waals surface area contributed by atoms with Gasteiger partial charge in [-0.2, -0.15) is 4.73 Å². The Hall–Kier alpha value is -1.57. The Balaban J connectivity index is 2.47. The zero-order chi connectivity index (χ0) is 13.7. The van der Waals surface area contributed by atoms with E-state index in [1.165, 1.54) is 0 Å². The van der Waals surface area contributed by atoms with Crippen LogP contribution in [0.5, 0.6) is 5.75 Å². The summed E-state index contributed by atoms with van der Waals surface area (Å²) in [6.45, 7) is 0.334. The number of hydrazine groups is 1. The predicted octanol–water partition coefficient (Wildman–Crippen LogP) is 1.34. The fraction of sp³-hybridized carbons (Fsp3) is 0.0909. The number of nitrogens with zero attached hydrogens (tertiary/aromatic N) is 1. The summed E-state index contributed by atoms with van der Waals surface area (Å²) in [5.41, 5.74) is 5.52. The molecule has 2 heterocycles. The van der Waals surface area contributed by atoms with Crippen molar-refractivity contribution in [1.29, 1.82) is 0 Å². The molecule has 1 aromatic heterocycles. The number of amides is 1. The Labute approximate surface area is 120 Å². The lowest BCUT2D eigenvalue weighted by molar-refractivity contribution is -0.580. The van der Waals surface area contributed by atoms with E-state index in [1.54, 1.807) is 12.1 Å². The maximum Gasteiger partial charge on any atom is 0.331 e.